The van der Waals surface area contributed by atoms with Crippen LogP contribution >= 0.6 is 30.1 Å². The Morgan fingerprint density at radius 2 is 2.00 bits per heavy atom. The first-order valence-corrected chi connectivity index (χ1v) is 7.44. The van der Waals surface area contributed by atoms with E-state index in [4.69, 9.17) is 0 Å². The molecule has 5 heteroatoms. The number of carbonyl (C=O) groups is 2. The van der Waals surface area contributed by atoms with Crippen molar-refractivity contribution >= 4 is 42.0 Å². The molecule has 0 aromatic carbocycles. The molecule has 74 valence electrons. The molecule has 0 aromatic rings. The second kappa shape index (κ2) is 3.76. The minimum absolute atomic E-state index is 0.0445. The van der Waals surface area contributed by atoms with Gasteiger partial charge in [0.1, 0.15) is 5.25 Å². The highest BCUT2D eigenvalue weighted by Gasteiger charge is 2.43. The molecular weight excluding hydrogens is 301 g/mol. The number of hydrogen-bond donors (Lipinski definition) is 0. The average molecular weight is 313 g/mol. The Kier molecular flexibility index (Phi) is 3.27. The number of rotatable bonds is 1. The largest absolute Gasteiger partial charge is 0.276 e. The summed E-state index contributed by atoms with van der Waals surface area (Å²) in [5, 5.41) is -0.174. The van der Waals surface area contributed by atoms with Crippen molar-refractivity contribution < 1.29 is 9.59 Å². The quantitative estimate of drug-likeness (QED) is 0.549. The van der Waals surface area contributed by atoms with Crippen molar-refractivity contribution in [2.75, 3.05) is 0 Å². The zero-order chi connectivity index (χ0) is 10.2. The van der Waals surface area contributed by atoms with E-state index in [-0.39, 0.29) is 22.6 Å². The third-order valence-electron chi connectivity index (χ3n) is 1.88. The second-order valence-electron chi connectivity index (χ2n) is 4.02. The van der Waals surface area contributed by atoms with Gasteiger partial charge in [-0.1, -0.05) is 8.93 Å². The molecule has 1 saturated heterocycles. The number of nitrogens with zero attached hydrogens (tertiary/aromatic N) is 1. The van der Waals surface area contributed by atoms with Gasteiger partial charge in [0.15, 0.2) is 0 Å². The van der Waals surface area contributed by atoms with Gasteiger partial charge in [-0.15, -0.1) is 0 Å². The van der Waals surface area contributed by atoms with Gasteiger partial charge in [0, 0.05) is 12.0 Å². The van der Waals surface area contributed by atoms with Gasteiger partial charge in [-0.05, 0) is 42.0 Å². The van der Waals surface area contributed by atoms with Gasteiger partial charge in [-0.25, -0.2) is 0 Å². The smallest absolute Gasteiger partial charge is 0.244 e. The van der Waals surface area contributed by atoms with E-state index in [0.717, 1.165) is 0 Å². The van der Waals surface area contributed by atoms with Crippen molar-refractivity contribution in [2.45, 2.75) is 38.0 Å². The molecule has 1 heterocycles. The summed E-state index contributed by atoms with van der Waals surface area (Å²) in [6.07, 6.45) is 0.351. The van der Waals surface area contributed by atoms with Crippen LogP contribution < -0.4 is 0 Å². The van der Waals surface area contributed by atoms with Gasteiger partial charge in [-0.3, -0.25) is 14.5 Å². The van der Waals surface area contributed by atoms with E-state index < -0.39 is 0 Å². The Labute approximate surface area is 94.2 Å². The van der Waals surface area contributed by atoms with Crippen LogP contribution in [-0.2, 0) is 9.59 Å². The lowest BCUT2D eigenvalue weighted by atomic mass is 10.1. The fraction of sp³-hybridized carbons (Fsp3) is 0.750. The number of amides is 2. The molecule has 0 N–H and O–H groups in total. The molecular formula is C8H12INO2S. The molecule has 2 amide bonds. The summed E-state index contributed by atoms with van der Waals surface area (Å²) >= 11 is 2.07. The maximum absolute atomic E-state index is 11.7. The van der Waals surface area contributed by atoms with Gasteiger partial charge >= 0.3 is 0 Å². The topological polar surface area (TPSA) is 37.4 Å². The molecule has 1 aliphatic rings. The van der Waals surface area contributed by atoms with Crippen LogP contribution in [0.25, 0.3) is 0 Å². The minimum Gasteiger partial charge on any atom is -0.276 e. The van der Waals surface area contributed by atoms with Crippen LogP contribution in [0, 0.1) is 0 Å². The molecule has 13 heavy (non-hydrogen) atoms. The molecule has 1 rings (SSSR count). The molecule has 1 unspecified atom stereocenters. The van der Waals surface area contributed by atoms with E-state index in [1.807, 2.05) is 20.8 Å². The van der Waals surface area contributed by atoms with E-state index in [1.54, 1.807) is 0 Å². The van der Waals surface area contributed by atoms with E-state index in [0.29, 0.717) is 6.42 Å². The molecule has 1 aliphatic heterocycles. The Hall–Kier alpha value is 0.220. The number of carbonyl (C=O) groups excluding carboxylic acids is 2. The summed E-state index contributed by atoms with van der Waals surface area (Å²) in [6.45, 7) is 5.63. The highest BCUT2D eigenvalue weighted by atomic mass is 127. The molecule has 3 nitrogen and oxygen atoms in total. The van der Waals surface area contributed by atoms with Gasteiger partial charge in [0.25, 0.3) is 0 Å². The summed E-state index contributed by atoms with van der Waals surface area (Å²) in [5.74, 6) is -0.0939. The normalized spacial score (nSPS) is 24.3. The summed E-state index contributed by atoms with van der Waals surface area (Å²) in [7, 11) is 1.42. The Bertz CT molecular complexity index is 249. The lowest BCUT2D eigenvalue weighted by molar-refractivity contribution is -0.143. The zero-order valence-corrected chi connectivity index (χ0v) is 10.8. The first kappa shape index (κ1) is 11.3. The van der Waals surface area contributed by atoms with Gasteiger partial charge < -0.3 is 0 Å². The maximum atomic E-state index is 11.7. The fourth-order valence-electron chi connectivity index (χ4n) is 1.38. The number of imide groups is 1. The SMILES string of the molecule is CC(C)(C)N1C(=O)CC(SI)C1=O. The van der Waals surface area contributed by atoms with Crippen molar-refractivity contribution in [1.82, 2.24) is 4.90 Å². The minimum atomic E-state index is -0.380. The third kappa shape index (κ3) is 2.18. The Balaban J connectivity index is 2.89. The lowest BCUT2D eigenvalue weighted by Crippen LogP contribution is -2.45. The van der Waals surface area contributed by atoms with Crippen LogP contribution in [0.1, 0.15) is 27.2 Å². The predicted molar refractivity (Wildman–Crippen MR) is 61.6 cm³/mol. The van der Waals surface area contributed by atoms with Crippen LogP contribution in [0.2, 0.25) is 0 Å². The molecule has 0 aliphatic carbocycles. The summed E-state index contributed by atoms with van der Waals surface area (Å²) in [6, 6.07) is 0. The Morgan fingerprint density at radius 3 is 2.23 bits per heavy atom. The molecule has 0 bridgehead atoms. The molecule has 0 spiro atoms. The molecule has 0 saturated carbocycles. The number of hydrogen-bond acceptors (Lipinski definition) is 3. The van der Waals surface area contributed by atoms with Crippen molar-refractivity contribution in [3.63, 3.8) is 0 Å². The first-order valence-electron chi connectivity index (χ1n) is 4.02. The van der Waals surface area contributed by atoms with Gasteiger partial charge in [0.2, 0.25) is 11.8 Å². The fourth-order valence-corrected chi connectivity index (χ4v) is 2.96. The molecule has 0 radical (unpaired) electrons. The maximum Gasteiger partial charge on any atom is 0.244 e. The van der Waals surface area contributed by atoms with Crippen LogP contribution in [0.3, 0.4) is 0 Å². The molecule has 1 atom stereocenters. The average Bonchev–Trinajstić information content (AvgIpc) is 2.24. The monoisotopic (exact) mass is 313 g/mol. The zero-order valence-electron chi connectivity index (χ0n) is 7.83. The van der Waals surface area contributed by atoms with E-state index in [1.165, 1.54) is 13.8 Å². The van der Waals surface area contributed by atoms with Crippen LogP contribution in [0.15, 0.2) is 0 Å². The van der Waals surface area contributed by atoms with Crippen molar-refractivity contribution in [3.8, 4) is 0 Å². The lowest BCUT2D eigenvalue weighted by Gasteiger charge is -2.29. The van der Waals surface area contributed by atoms with Crippen molar-refractivity contribution in [1.29, 1.82) is 0 Å². The third-order valence-corrected chi connectivity index (χ3v) is 4.31. The Morgan fingerprint density at radius 1 is 1.46 bits per heavy atom. The standard InChI is InChI=1S/C8H12INO2S/c1-8(2,3)10-6(11)4-5(13-9)7(10)12/h5H,4H2,1-3H3. The van der Waals surface area contributed by atoms with Crippen molar-refractivity contribution in [2.24, 2.45) is 0 Å². The predicted octanol–water partition coefficient (Wildman–Crippen LogP) is 2.00. The van der Waals surface area contributed by atoms with Gasteiger partial charge in [-0.2, -0.15) is 0 Å². The highest BCUT2D eigenvalue weighted by molar-refractivity contribution is 14.2. The van der Waals surface area contributed by atoms with E-state index in [9.17, 15) is 9.59 Å². The van der Waals surface area contributed by atoms with Crippen LogP contribution in [0.4, 0.5) is 0 Å². The summed E-state index contributed by atoms with van der Waals surface area (Å²) in [4.78, 5) is 24.5. The summed E-state index contributed by atoms with van der Waals surface area (Å²) in [5.41, 5.74) is -0.380. The molecule has 0 aromatic heterocycles. The number of likely N-dealkylation sites (tertiary alicyclic amines) is 1. The van der Waals surface area contributed by atoms with E-state index >= 15 is 0 Å². The summed E-state index contributed by atoms with van der Waals surface area (Å²) < 4.78 is 0. The molecule has 1 fully saturated rings. The van der Waals surface area contributed by atoms with Crippen LogP contribution in [0.5, 0.6) is 0 Å². The van der Waals surface area contributed by atoms with Crippen molar-refractivity contribution in [3.05, 3.63) is 0 Å². The van der Waals surface area contributed by atoms with Gasteiger partial charge in [0.05, 0.1) is 0 Å². The van der Waals surface area contributed by atoms with Crippen LogP contribution in [-0.4, -0.2) is 27.5 Å². The first-order chi connectivity index (χ1) is 5.88. The highest BCUT2D eigenvalue weighted by Crippen LogP contribution is 2.33. The van der Waals surface area contributed by atoms with E-state index in [2.05, 4.69) is 21.2 Å². The second-order valence-corrected chi connectivity index (χ2v) is 6.29. The number of halogens is 1.